The summed E-state index contributed by atoms with van der Waals surface area (Å²) >= 11 is 0. The Morgan fingerprint density at radius 3 is 2.42 bits per heavy atom. The fraction of sp³-hybridized carbons (Fsp3) is 0.636. The molecule has 1 atom stereocenters. The largest absolute Gasteiger partial charge is 0.342 e. The molecule has 2 heterocycles. The smallest absolute Gasteiger partial charge is 0.227 e. The molecule has 2 aliphatic heterocycles. The average Bonchev–Trinajstić information content (AvgIpc) is 3.43. The lowest BCUT2D eigenvalue weighted by atomic mass is 9.90. The lowest BCUT2D eigenvalue weighted by Gasteiger charge is -2.33. The molecule has 4 nitrogen and oxygen atoms in total. The summed E-state index contributed by atoms with van der Waals surface area (Å²) in [5, 5.41) is 0. The van der Waals surface area contributed by atoms with Crippen molar-refractivity contribution in [3.63, 3.8) is 0 Å². The maximum atomic E-state index is 12.8. The van der Waals surface area contributed by atoms with Gasteiger partial charge < -0.3 is 9.80 Å². The van der Waals surface area contributed by atoms with E-state index in [1.54, 1.807) is 0 Å². The Hall–Kier alpha value is -1.84. The molecule has 2 saturated heterocycles. The van der Waals surface area contributed by atoms with Gasteiger partial charge in [-0.15, -0.1) is 0 Å². The Morgan fingerprint density at radius 2 is 1.77 bits per heavy atom. The van der Waals surface area contributed by atoms with Crippen molar-refractivity contribution in [1.29, 1.82) is 0 Å². The normalized spacial score (nSPS) is 24.3. The molecule has 0 unspecified atom stereocenters. The molecule has 140 valence electrons. The van der Waals surface area contributed by atoms with E-state index in [0.717, 1.165) is 45.2 Å². The minimum atomic E-state index is -0.0905. The predicted octanol–water partition coefficient (Wildman–Crippen LogP) is 3.18. The van der Waals surface area contributed by atoms with Crippen LogP contribution in [0.15, 0.2) is 24.3 Å². The predicted molar refractivity (Wildman–Crippen MR) is 102 cm³/mol. The van der Waals surface area contributed by atoms with Crippen molar-refractivity contribution in [2.45, 2.75) is 57.9 Å². The minimum Gasteiger partial charge on any atom is -0.342 e. The third kappa shape index (κ3) is 3.94. The first kappa shape index (κ1) is 17.6. The van der Waals surface area contributed by atoms with Crippen molar-refractivity contribution in [3.05, 3.63) is 35.4 Å². The first-order valence-corrected chi connectivity index (χ1v) is 10.2. The zero-order chi connectivity index (χ0) is 18.1. The van der Waals surface area contributed by atoms with Crippen molar-refractivity contribution in [2.75, 3.05) is 19.6 Å². The van der Waals surface area contributed by atoms with Crippen LogP contribution < -0.4 is 0 Å². The standard InChI is InChI=1S/C22H30N2O2/c1-16-2-4-17(5-3-16)6-7-18-10-12-23(13-11-18)22(26)19-14-21(25)24(15-19)20-8-9-20/h2-5,18-20H,6-15H2,1H3/t19-/m0/s1. The van der Waals surface area contributed by atoms with E-state index in [-0.39, 0.29) is 17.7 Å². The number of benzene rings is 1. The molecule has 1 saturated carbocycles. The van der Waals surface area contributed by atoms with Crippen molar-refractivity contribution >= 4 is 11.8 Å². The summed E-state index contributed by atoms with van der Waals surface area (Å²) in [4.78, 5) is 28.9. The van der Waals surface area contributed by atoms with E-state index in [9.17, 15) is 9.59 Å². The van der Waals surface area contributed by atoms with Crippen LogP contribution in [-0.2, 0) is 16.0 Å². The highest BCUT2D eigenvalue weighted by Gasteiger charge is 2.43. The van der Waals surface area contributed by atoms with Crippen LogP contribution in [0.25, 0.3) is 0 Å². The third-order valence-electron chi connectivity index (χ3n) is 6.38. The zero-order valence-corrected chi connectivity index (χ0v) is 15.8. The SMILES string of the molecule is Cc1ccc(CCC2CCN(C(=O)[C@H]3CC(=O)N(C4CC4)C3)CC2)cc1. The molecule has 1 aromatic carbocycles. The highest BCUT2D eigenvalue weighted by molar-refractivity contribution is 5.89. The molecule has 0 aromatic heterocycles. The Labute approximate surface area is 156 Å². The number of hydrogen-bond acceptors (Lipinski definition) is 2. The van der Waals surface area contributed by atoms with E-state index < -0.39 is 0 Å². The van der Waals surface area contributed by atoms with Gasteiger partial charge in [0.1, 0.15) is 0 Å². The van der Waals surface area contributed by atoms with Crippen LogP contribution in [0.1, 0.15) is 49.7 Å². The topological polar surface area (TPSA) is 40.6 Å². The van der Waals surface area contributed by atoms with E-state index in [4.69, 9.17) is 0 Å². The zero-order valence-electron chi connectivity index (χ0n) is 15.8. The highest BCUT2D eigenvalue weighted by atomic mass is 16.2. The second-order valence-corrected chi connectivity index (χ2v) is 8.47. The van der Waals surface area contributed by atoms with Gasteiger partial charge >= 0.3 is 0 Å². The van der Waals surface area contributed by atoms with Crippen LogP contribution in [0.5, 0.6) is 0 Å². The lowest BCUT2D eigenvalue weighted by Crippen LogP contribution is -2.42. The summed E-state index contributed by atoms with van der Waals surface area (Å²) in [5.74, 6) is 1.04. The summed E-state index contributed by atoms with van der Waals surface area (Å²) in [6, 6.07) is 9.27. The molecule has 0 bridgehead atoms. The molecule has 0 N–H and O–H groups in total. The summed E-state index contributed by atoms with van der Waals surface area (Å²) in [6.07, 6.45) is 7.23. The van der Waals surface area contributed by atoms with Gasteiger partial charge in [-0.1, -0.05) is 29.8 Å². The van der Waals surface area contributed by atoms with Gasteiger partial charge in [0.15, 0.2) is 0 Å². The van der Waals surface area contributed by atoms with Crippen LogP contribution in [0.2, 0.25) is 0 Å². The molecular formula is C22H30N2O2. The van der Waals surface area contributed by atoms with E-state index >= 15 is 0 Å². The van der Waals surface area contributed by atoms with E-state index in [0.29, 0.717) is 24.9 Å². The summed E-state index contributed by atoms with van der Waals surface area (Å²) in [6.45, 7) is 4.52. The Morgan fingerprint density at radius 1 is 1.08 bits per heavy atom. The van der Waals surface area contributed by atoms with Gasteiger partial charge in [-0.05, 0) is 56.9 Å². The molecule has 0 radical (unpaired) electrons. The van der Waals surface area contributed by atoms with E-state index in [1.165, 1.54) is 17.5 Å². The van der Waals surface area contributed by atoms with Gasteiger partial charge in [-0.2, -0.15) is 0 Å². The van der Waals surface area contributed by atoms with Crippen molar-refractivity contribution in [1.82, 2.24) is 9.80 Å². The first-order valence-electron chi connectivity index (χ1n) is 10.2. The molecule has 3 aliphatic rings. The van der Waals surface area contributed by atoms with Crippen molar-refractivity contribution < 1.29 is 9.59 Å². The Balaban J connectivity index is 1.22. The number of amides is 2. The molecule has 4 heteroatoms. The number of rotatable bonds is 5. The van der Waals surface area contributed by atoms with Gasteiger partial charge in [-0.25, -0.2) is 0 Å². The van der Waals surface area contributed by atoms with Gasteiger partial charge in [0, 0.05) is 32.1 Å². The van der Waals surface area contributed by atoms with Gasteiger partial charge in [0.2, 0.25) is 11.8 Å². The monoisotopic (exact) mass is 354 g/mol. The Kier molecular flexibility index (Phi) is 5.01. The fourth-order valence-electron chi connectivity index (χ4n) is 4.46. The maximum absolute atomic E-state index is 12.8. The summed E-state index contributed by atoms with van der Waals surface area (Å²) in [5.41, 5.74) is 2.73. The number of carbonyl (C=O) groups excluding carboxylic acids is 2. The summed E-state index contributed by atoms with van der Waals surface area (Å²) in [7, 11) is 0. The van der Waals surface area contributed by atoms with E-state index in [1.807, 2.05) is 9.80 Å². The molecule has 4 rings (SSSR count). The maximum Gasteiger partial charge on any atom is 0.227 e. The van der Waals surface area contributed by atoms with Crippen LogP contribution in [0.3, 0.4) is 0 Å². The first-order chi connectivity index (χ1) is 12.6. The second-order valence-electron chi connectivity index (χ2n) is 8.47. The van der Waals surface area contributed by atoms with Gasteiger partial charge in [-0.3, -0.25) is 9.59 Å². The minimum absolute atomic E-state index is 0.0905. The van der Waals surface area contributed by atoms with Crippen LogP contribution in [0, 0.1) is 18.8 Å². The number of piperidine rings is 1. The quantitative estimate of drug-likeness (QED) is 0.815. The van der Waals surface area contributed by atoms with Gasteiger partial charge in [0.05, 0.1) is 5.92 Å². The number of likely N-dealkylation sites (tertiary alicyclic amines) is 2. The number of carbonyl (C=O) groups is 2. The molecule has 1 aromatic rings. The lowest BCUT2D eigenvalue weighted by molar-refractivity contribution is -0.137. The number of hydrogen-bond donors (Lipinski definition) is 0. The highest BCUT2D eigenvalue weighted by Crippen LogP contribution is 2.33. The fourth-order valence-corrected chi connectivity index (χ4v) is 4.46. The molecule has 2 amide bonds. The average molecular weight is 354 g/mol. The molecule has 0 spiro atoms. The third-order valence-corrected chi connectivity index (χ3v) is 6.38. The van der Waals surface area contributed by atoms with Crippen LogP contribution >= 0.6 is 0 Å². The molecular weight excluding hydrogens is 324 g/mol. The molecule has 1 aliphatic carbocycles. The number of aryl methyl sites for hydroxylation is 2. The molecule has 3 fully saturated rings. The number of nitrogens with zero attached hydrogens (tertiary/aromatic N) is 2. The van der Waals surface area contributed by atoms with Crippen molar-refractivity contribution in [2.24, 2.45) is 11.8 Å². The molecule has 26 heavy (non-hydrogen) atoms. The Bertz CT molecular complexity index is 657. The second kappa shape index (κ2) is 7.42. The van der Waals surface area contributed by atoms with Gasteiger partial charge in [0.25, 0.3) is 0 Å². The summed E-state index contributed by atoms with van der Waals surface area (Å²) < 4.78 is 0. The van der Waals surface area contributed by atoms with Crippen LogP contribution in [0.4, 0.5) is 0 Å². The van der Waals surface area contributed by atoms with E-state index in [2.05, 4.69) is 31.2 Å². The van der Waals surface area contributed by atoms with Crippen LogP contribution in [-0.4, -0.2) is 47.3 Å². The van der Waals surface area contributed by atoms with Crippen molar-refractivity contribution in [3.8, 4) is 0 Å².